The molecular weight excluding hydrogens is 320 g/mol. The lowest BCUT2D eigenvalue weighted by Gasteiger charge is -2.32. The molecule has 1 aromatic rings. The van der Waals surface area contributed by atoms with Crippen LogP contribution in [-0.4, -0.2) is 57.1 Å². The molecule has 0 spiro atoms. The SMILES string of the molecule is Cc1ccc(CCC2CCN(CCCS(=O)(=O)N(C)C)CC2)cc1. The minimum absolute atomic E-state index is 0.257. The second-order valence-corrected chi connectivity index (χ2v) is 9.56. The monoisotopic (exact) mass is 352 g/mol. The summed E-state index contributed by atoms with van der Waals surface area (Å²) in [4.78, 5) is 2.42. The number of nitrogens with zero attached hydrogens (tertiary/aromatic N) is 2. The number of hydrogen-bond donors (Lipinski definition) is 0. The lowest BCUT2D eigenvalue weighted by Crippen LogP contribution is -2.36. The van der Waals surface area contributed by atoms with Gasteiger partial charge in [-0.15, -0.1) is 0 Å². The highest BCUT2D eigenvalue weighted by Gasteiger charge is 2.20. The Balaban J connectivity index is 1.63. The molecule has 1 aliphatic rings. The van der Waals surface area contributed by atoms with Crippen molar-refractivity contribution in [3.63, 3.8) is 0 Å². The highest BCUT2D eigenvalue weighted by molar-refractivity contribution is 7.89. The quantitative estimate of drug-likeness (QED) is 0.722. The van der Waals surface area contributed by atoms with Gasteiger partial charge < -0.3 is 4.90 Å². The number of hydrogen-bond acceptors (Lipinski definition) is 3. The van der Waals surface area contributed by atoms with Gasteiger partial charge in [0.25, 0.3) is 0 Å². The molecule has 1 aromatic carbocycles. The third kappa shape index (κ3) is 6.19. The van der Waals surface area contributed by atoms with E-state index in [1.165, 1.54) is 41.1 Å². The van der Waals surface area contributed by atoms with Crippen LogP contribution in [0.2, 0.25) is 0 Å². The minimum atomic E-state index is -3.05. The molecule has 0 saturated carbocycles. The second kappa shape index (κ2) is 8.97. The van der Waals surface area contributed by atoms with Crippen LogP contribution in [0.3, 0.4) is 0 Å². The van der Waals surface area contributed by atoms with Crippen LogP contribution >= 0.6 is 0 Å². The Kier molecular flexibility index (Phi) is 7.26. The van der Waals surface area contributed by atoms with Gasteiger partial charge in [-0.3, -0.25) is 0 Å². The fourth-order valence-corrected chi connectivity index (χ4v) is 4.14. The van der Waals surface area contributed by atoms with Crippen LogP contribution in [-0.2, 0) is 16.4 Å². The zero-order valence-corrected chi connectivity index (χ0v) is 16.2. The molecular formula is C19H32N2O2S. The maximum atomic E-state index is 11.8. The van der Waals surface area contributed by atoms with Gasteiger partial charge in [0, 0.05) is 14.1 Å². The lowest BCUT2D eigenvalue weighted by molar-refractivity contribution is 0.179. The van der Waals surface area contributed by atoms with Gasteiger partial charge in [0.1, 0.15) is 0 Å². The zero-order valence-electron chi connectivity index (χ0n) is 15.4. The Morgan fingerprint density at radius 2 is 1.75 bits per heavy atom. The van der Waals surface area contributed by atoms with E-state index in [-0.39, 0.29) is 5.75 Å². The molecule has 1 saturated heterocycles. The molecule has 1 aliphatic heterocycles. The van der Waals surface area contributed by atoms with Crippen molar-refractivity contribution in [3.05, 3.63) is 35.4 Å². The number of piperidine rings is 1. The van der Waals surface area contributed by atoms with Gasteiger partial charge in [-0.05, 0) is 70.1 Å². The van der Waals surface area contributed by atoms with E-state index in [0.717, 1.165) is 32.0 Å². The van der Waals surface area contributed by atoms with Gasteiger partial charge in [0.15, 0.2) is 0 Å². The van der Waals surface area contributed by atoms with Crippen molar-refractivity contribution in [1.82, 2.24) is 9.21 Å². The summed E-state index contributed by atoms with van der Waals surface area (Å²) in [6.07, 6.45) is 5.66. The molecule has 0 radical (unpaired) electrons. The smallest absolute Gasteiger partial charge is 0.213 e. The largest absolute Gasteiger partial charge is 0.303 e. The van der Waals surface area contributed by atoms with Crippen LogP contribution in [0.4, 0.5) is 0 Å². The summed E-state index contributed by atoms with van der Waals surface area (Å²) < 4.78 is 24.9. The molecule has 1 fully saturated rings. The highest BCUT2D eigenvalue weighted by Crippen LogP contribution is 2.22. The molecule has 0 amide bonds. The topological polar surface area (TPSA) is 40.6 Å². The van der Waals surface area contributed by atoms with Crippen molar-refractivity contribution in [2.45, 2.75) is 39.0 Å². The summed E-state index contributed by atoms with van der Waals surface area (Å²) in [5.41, 5.74) is 2.76. The molecule has 2 rings (SSSR count). The molecule has 136 valence electrons. The molecule has 0 unspecified atom stereocenters. The Bertz CT molecular complexity index is 588. The van der Waals surface area contributed by atoms with E-state index in [1.807, 2.05) is 0 Å². The minimum Gasteiger partial charge on any atom is -0.303 e. The van der Waals surface area contributed by atoms with Crippen LogP contribution in [0.15, 0.2) is 24.3 Å². The summed E-state index contributed by atoms with van der Waals surface area (Å²) in [6.45, 7) is 5.25. The maximum Gasteiger partial charge on any atom is 0.213 e. The lowest BCUT2D eigenvalue weighted by atomic mass is 9.90. The Morgan fingerprint density at radius 3 is 2.33 bits per heavy atom. The van der Waals surface area contributed by atoms with Crippen molar-refractivity contribution in [1.29, 1.82) is 0 Å². The van der Waals surface area contributed by atoms with Gasteiger partial charge in [0.05, 0.1) is 5.75 Å². The first kappa shape index (κ1) is 19.4. The summed E-state index contributed by atoms with van der Waals surface area (Å²) in [5.74, 6) is 1.07. The third-order valence-corrected chi connectivity index (χ3v) is 7.02. The first-order valence-corrected chi connectivity index (χ1v) is 10.7. The van der Waals surface area contributed by atoms with E-state index in [1.54, 1.807) is 14.1 Å². The zero-order chi connectivity index (χ0) is 17.6. The second-order valence-electron chi connectivity index (χ2n) is 7.26. The summed E-state index contributed by atoms with van der Waals surface area (Å²) in [6, 6.07) is 8.88. The van der Waals surface area contributed by atoms with Gasteiger partial charge in [-0.1, -0.05) is 29.8 Å². The Morgan fingerprint density at radius 1 is 1.12 bits per heavy atom. The number of rotatable bonds is 8. The van der Waals surface area contributed by atoms with Crippen LogP contribution in [0.1, 0.15) is 36.8 Å². The average Bonchev–Trinajstić information content (AvgIpc) is 2.55. The number of benzene rings is 1. The van der Waals surface area contributed by atoms with Gasteiger partial charge >= 0.3 is 0 Å². The van der Waals surface area contributed by atoms with Crippen molar-refractivity contribution >= 4 is 10.0 Å². The number of sulfonamides is 1. The summed E-state index contributed by atoms with van der Waals surface area (Å²) in [7, 11) is 0.167. The molecule has 0 N–H and O–H groups in total. The third-order valence-electron chi connectivity index (χ3n) is 5.10. The van der Waals surface area contributed by atoms with Crippen LogP contribution < -0.4 is 0 Å². The molecule has 0 aromatic heterocycles. The van der Waals surface area contributed by atoms with E-state index in [0.29, 0.717) is 0 Å². The average molecular weight is 353 g/mol. The Hall–Kier alpha value is -0.910. The summed E-state index contributed by atoms with van der Waals surface area (Å²) >= 11 is 0. The van der Waals surface area contributed by atoms with E-state index < -0.39 is 10.0 Å². The van der Waals surface area contributed by atoms with Crippen LogP contribution in [0, 0.1) is 12.8 Å². The van der Waals surface area contributed by atoms with Gasteiger partial charge in [0.2, 0.25) is 10.0 Å². The molecule has 0 aliphatic carbocycles. The normalized spacial score (nSPS) is 17.5. The van der Waals surface area contributed by atoms with E-state index in [2.05, 4.69) is 36.1 Å². The van der Waals surface area contributed by atoms with E-state index in [4.69, 9.17) is 0 Å². The predicted octanol–water partition coefficient (Wildman–Crippen LogP) is 2.92. The number of aryl methyl sites for hydroxylation is 2. The van der Waals surface area contributed by atoms with Crippen molar-refractivity contribution < 1.29 is 8.42 Å². The maximum absolute atomic E-state index is 11.8. The first-order chi connectivity index (χ1) is 11.4. The first-order valence-electron chi connectivity index (χ1n) is 9.05. The molecule has 1 heterocycles. The molecule has 4 nitrogen and oxygen atoms in total. The summed E-state index contributed by atoms with van der Waals surface area (Å²) in [5, 5.41) is 0. The Labute approximate surface area is 147 Å². The van der Waals surface area contributed by atoms with E-state index in [9.17, 15) is 8.42 Å². The van der Waals surface area contributed by atoms with Gasteiger partial charge in [-0.2, -0.15) is 0 Å². The van der Waals surface area contributed by atoms with Crippen molar-refractivity contribution in [2.24, 2.45) is 5.92 Å². The number of likely N-dealkylation sites (tertiary alicyclic amines) is 1. The molecule has 0 atom stereocenters. The van der Waals surface area contributed by atoms with Crippen molar-refractivity contribution in [3.8, 4) is 0 Å². The predicted molar refractivity (Wildman–Crippen MR) is 101 cm³/mol. The highest BCUT2D eigenvalue weighted by atomic mass is 32.2. The van der Waals surface area contributed by atoms with Gasteiger partial charge in [-0.25, -0.2) is 12.7 Å². The van der Waals surface area contributed by atoms with Crippen molar-refractivity contribution in [2.75, 3.05) is 39.5 Å². The van der Waals surface area contributed by atoms with Crippen LogP contribution in [0.5, 0.6) is 0 Å². The molecule has 5 heteroatoms. The fourth-order valence-electron chi connectivity index (χ4n) is 3.28. The van der Waals surface area contributed by atoms with Crippen LogP contribution in [0.25, 0.3) is 0 Å². The molecule has 24 heavy (non-hydrogen) atoms. The van der Waals surface area contributed by atoms with E-state index >= 15 is 0 Å². The fraction of sp³-hybridized carbons (Fsp3) is 0.684. The standard InChI is InChI=1S/C19H32N2O2S/c1-17-5-7-18(8-6-17)9-10-19-11-14-21(15-12-19)13-4-16-24(22,23)20(2)3/h5-8,19H,4,9-16H2,1-3H3. The molecule has 0 bridgehead atoms.